The predicted octanol–water partition coefficient (Wildman–Crippen LogP) is 0.618. The Morgan fingerprint density at radius 1 is 1.72 bits per heavy atom. The Labute approximate surface area is 110 Å². The molecule has 0 saturated carbocycles. The smallest absolute Gasteiger partial charge is 0.255 e. The zero-order chi connectivity index (χ0) is 13.3. The van der Waals surface area contributed by atoms with Gasteiger partial charge >= 0.3 is 0 Å². The fourth-order valence-corrected chi connectivity index (χ4v) is 2.18. The number of carbonyl (C=O) groups is 1. The van der Waals surface area contributed by atoms with Gasteiger partial charge in [-0.15, -0.1) is 0 Å². The maximum atomic E-state index is 12.2. The van der Waals surface area contributed by atoms with Crippen LogP contribution in [0.15, 0.2) is 12.3 Å². The van der Waals surface area contributed by atoms with E-state index in [1.807, 2.05) is 0 Å². The van der Waals surface area contributed by atoms with E-state index in [-0.39, 0.29) is 10.9 Å². The Bertz CT molecular complexity index is 478. The van der Waals surface area contributed by atoms with Crippen molar-refractivity contribution in [1.82, 2.24) is 9.88 Å². The number of nitrogens with one attached hydrogen (secondary N) is 1. The highest BCUT2D eigenvalue weighted by atomic mass is 35.5. The van der Waals surface area contributed by atoms with Gasteiger partial charge < -0.3 is 15.4 Å². The average molecular weight is 271 g/mol. The van der Waals surface area contributed by atoms with Crippen molar-refractivity contribution in [3.05, 3.63) is 22.8 Å². The van der Waals surface area contributed by atoms with E-state index in [9.17, 15) is 9.90 Å². The number of anilines is 1. The van der Waals surface area contributed by atoms with E-state index in [1.54, 1.807) is 11.8 Å². The van der Waals surface area contributed by atoms with E-state index in [1.165, 1.54) is 12.3 Å². The molecular formula is C11H15ClN4O2. The lowest BCUT2D eigenvalue weighted by Crippen LogP contribution is -2.34. The van der Waals surface area contributed by atoms with E-state index in [4.69, 9.17) is 17.4 Å². The van der Waals surface area contributed by atoms with Crippen molar-refractivity contribution in [2.24, 2.45) is 5.84 Å². The lowest BCUT2D eigenvalue weighted by atomic mass is 10.1. The highest BCUT2D eigenvalue weighted by molar-refractivity contribution is 6.33. The third-order valence-electron chi connectivity index (χ3n) is 2.96. The van der Waals surface area contributed by atoms with Crippen molar-refractivity contribution in [3.63, 3.8) is 0 Å². The third kappa shape index (κ3) is 2.55. The number of carbonyl (C=O) groups excluding carboxylic acids is 1. The number of rotatable bonds is 2. The van der Waals surface area contributed by atoms with Gasteiger partial charge in [-0.2, -0.15) is 0 Å². The zero-order valence-corrected chi connectivity index (χ0v) is 10.7. The van der Waals surface area contributed by atoms with Crippen molar-refractivity contribution in [2.75, 3.05) is 18.5 Å². The summed E-state index contributed by atoms with van der Waals surface area (Å²) in [6.07, 6.45) is 1.98. The highest BCUT2D eigenvalue weighted by Crippen LogP contribution is 2.24. The van der Waals surface area contributed by atoms with Gasteiger partial charge in [-0.3, -0.25) is 4.79 Å². The number of nitrogen functional groups attached to an aromatic ring is 1. The molecule has 98 valence electrons. The molecule has 0 spiro atoms. The van der Waals surface area contributed by atoms with Gasteiger partial charge in [-0.05, 0) is 19.4 Å². The summed E-state index contributed by atoms with van der Waals surface area (Å²) in [6, 6.07) is 1.51. The van der Waals surface area contributed by atoms with Gasteiger partial charge in [0.1, 0.15) is 0 Å². The summed E-state index contributed by atoms with van der Waals surface area (Å²) in [4.78, 5) is 17.7. The van der Waals surface area contributed by atoms with Gasteiger partial charge in [-0.25, -0.2) is 10.8 Å². The van der Waals surface area contributed by atoms with Gasteiger partial charge in [0, 0.05) is 19.3 Å². The summed E-state index contributed by atoms with van der Waals surface area (Å²) in [6.45, 7) is 2.56. The van der Waals surface area contributed by atoms with Crippen LogP contribution >= 0.6 is 11.6 Å². The molecule has 0 aliphatic carbocycles. The molecule has 4 N–H and O–H groups in total. The average Bonchev–Trinajstić information content (AvgIpc) is 2.68. The number of hydrogen-bond donors (Lipinski definition) is 3. The van der Waals surface area contributed by atoms with Crippen molar-refractivity contribution >= 4 is 23.3 Å². The molecule has 1 aliphatic heterocycles. The molecule has 0 radical (unpaired) electrons. The van der Waals surface area contributed by atoms with Gasteiger partial charge in [0.25, 0.3) is 5.91 Å². The van der Waals surface area contributed by atoms with Crippen molar-refractivity contribution < 1.29 is 9.90 Å². The molecule has 1 amide bonds. The number of β-amino-alcohol motifs (C(OH)–C–C–N with tert-alkyl or cyclic N) is 1. The molecule has 6 nitrogen and oxygen atoms in total. The molecular weight excluding hydrogens is 256 g/mol. The number of pyridine rings is 1. The number of aliphatic hydroxyl groups is 1. The number of aromatic nitrogens is 1. The van der Waals surface area contributed by atoms with Crippen LogP contribution in [0.1, 0.15) is 23.7 Å². The number of hydrazine groups is 1. The van der Waals surface area contributed by atoms with E-state index < -0.39 is 5.60 Å². The molecule has 1 fully saturated rings. The minimum Gasteiger partial charge on any atom is -0.388 e. The Hall–Kier alpha value is -1.37. The SMILES string of the molecule is CC1(O)CCN(C(=O)c2cnc(NN)c(Cl)c2)C1. The molecule has 1 atom stereocenters. The fraction of sp³-hybridized carbons (Fsp3) is 0.455. The Kier molecular flexibility index (Phi) is 3.43. The van der Waals surface area contributed by atoms with E-state index in [0.29, 0.717) is 30.9 Å². The first-order chi connectivity index (χ1) is 8.43. The fourth-order valence-electron chi connectivity index (χ4n) is 1.96. The predicted molar refractivity (Wildman–Crippen MR) is 68.2 cm³/mol. The van der Waals surface area contributed by atoms with Crippen LogP contribution in [0.2, 0.25) is 5.02 Å². The number of hydrogen-bond acceptors (Lipinski definition) is 5. The molecule has 1 aromatic rings. The van der Waals surface area contributed by atoms with Crippen molar-refractivity contribution in [3.8, 4) is 0 Å². The van der Waals surface area contributed by atoms with Crippen LogP contribution in [-0.4, -0.2) is 39.6 Å². The molecule has 18 heavy (non-hydrogen) atoms. The lowest BCUT2D eigenvalue weighted by Gasteiger charge is -2.19. The van der Waals surface area contributed by atoms with Crippen LogP contribution in [0.3, 0.4) is 0 Å². The lowest BCUT2D eigenvalue weighted by molar-refractivity contribution is 0.0572. The quantitative estimate of drug-likeness (QED) is 0.541. The minimum atomic E-state index is -0.814. The van der Waals surface area contributed by atoms with Gasteiger partial charge in [-0.1, -0.05) is 11.6 Å². The first-order valence-corrected chi connectivity index (χ1v) is 5.94. The van der Waals surface area contributed by atoms with E-state index >= 15 is 0 Å². The second kappa shape index (κ2) is 4.72. The van der Waals surface area contributed by atoms with Gasteiger partial charge in [0.2, 0.25) is 0 Å². The summed E-state index contributed by atoms with van der Waals surface area (Å²) >= 11 is 5.91. The highest BCUT2D eigenvalue weighted by Gasteiger charge is 2.34. The first kappa shape index (κ1) is 13.1. The van der Waals surface area contributed by atoms with Crippen molar-refractivity contribution in [1.29, 1.82) is 0 Å². The normalized spacial score (nSPS) is 23.2. The monoisotopic (exact) mass is 270 g/mol. The third-order valence-corrected chi connectivity index (χ3v) is 3.25. The Balaban J connectivity index is 2.17. The van der Waals surface area contributed by atoms with Crippen LogP contribution in [0.5, 0.6) is 0 Å². The number of halogens is 1. The number of likely N-dealkylation sites (tertiary alicyclic amines) is 1. The number of nitrogens with zero attached hydrogens (tertiary/aromatic N) is 2. The van der Waals surface area contributed by atoms with Crippen LogP contribution in [0.4, 0.5) is 5.82 Å². The molecule has 1 aromatic heterocycles. The van der Waals surface area contributed by atoms with Gasteiger partial charge in [0.05, 0.1) is 16.2 Å². The molecule has 0 aromatic carbocycles. The summed E-state index contributed by atoms with van der Waals surface area (Å²) < 4.78 is 0. The second-order valence-corrected chi connectivity index (χ2v) is 5.08. The Morgan fingerprint density at radius 3 is 2.94 bits per heavy atom. The van der Waals surface area contributed by atoms with Crippen LogP contribution < -0.4 is 11.3 Å². The minimum absolute atomic E-state index is 0.189. The maximum Gasteiger partial charge on any atom is 0.255 e. The topological polar surface area (TPSA) is 91.5 Å². The molecule has 1 unspecified atom stereocenters. The largest absolute Gasteiger partial charge is 0.388 e. The molecule has 2 heterocycles. The second-order valence-electron chi connectivity index (χ2n) is 4.67. The van der Waals surface area contributed by atoms with E-state index in [0.717, 1.165) is 0 Å². The molecule has 0 bridgehead atoms. The molecule has 7 heteroatoms. The van der Waals surface area contributed by atoms with Crippen LogP contribution in [0, 0.1) is 0 Å². The zero-order valence-electron chi connectivity index (χ0n) is 9.98. The van der Waals surface area contributed by atoms with Crippen LogP contribution in [0.25, 0.3) is 0 Å². The van der Waals surface area contributed by atoms with Crippen molar-refractivity contribution in [2.45, 2.75) is 18.9 Å². The molecule has 1 saturated heterocycles. The summed E-state index contributed by atoms with van der Waals surface area (Å²) in [5.74, 6) is 5.34. The van der Waals surface area contributed by atoms with Crippen LogP contribution in [-0.2, 0) is 0 Å². The molecule has 1 aliphatic rings. The van der Waals surface area contributed by atoms with E-state index in [2.05, 4.69) is 10.4 Å². The van der Waals surface area contributed by atoms with Gasteiger partial charge in [0.15, 0.2) is 5.82 Å². The standard InChI is InChI=1S/C11H15ClN4O2/c1-11(18)2-3-16(6-11)10(17)7-4-8(12)9(15-13)14-5-7/h4-5,18H,2-3,6,13H2,1H3,(H,14,15). The molecule has 2 rings (SSSR count). The summed E-state index contributed by atoms with van der Waals surface area (Å²) in [7, 11) is 0. The first-order valence-electron chi connectivity index (χ1n) is 5.57. The summed E-state index contributed by atoms with van der Waals surface area (Å²) in [5, 5.41) is 10.1. The number of nitrogens with two attached hydrogens (primary N) is 1. The Morgan fingerprint density at radius 2 is 2.44 bits per heavy atom. The maximum absolute atomic E-state index is 12.2. The number of amides is 1. The summed E-state index contributed by atoms with van der Waals surface area (Å²) in [5.41, 5.74) is 1.91.